The molecule has 0 saturated carbocycles. The second kappa shape index (κ2) is 6.75. The molecule has 1 heterocycles. The summed E-state index contributed by atoms with van der Waals surface area (Å²) in [5.41, 5.74) is 2.12. The summed E-state index contributed by atoms with van der Waals surface area (Å²) in [6.07, 6.45) is 3.09. The van der Waals surface area contributed by atoms with Crippen molar-refractivity contribution in [3.05, 3.63) is 47.8 Å². The maximum Gasteiger partial charge on any atom is 0.132 e. The number of nitrogens with zero attached hydrogens (tertiary/aromatic N) is 2. The van der Waals surface area contributed by atoms with Crippen molar-refractivity contribution in [2.45, 2.75) is 38.2 Å². The first-order valence-electron chi connectivity index (χ1n) is 6.55. The van der Waals surface area contributed by atoms with E-state index >= 15 is 0 Å². The third kappa shape index (κ3) is 3.60. The Kier molecular flexibility index (Phi) is 5.02. The zero-order valence-electron chi connectivity index (χ0n) is 11.3. The Hall–Kier alpha value is -1.29. The van der Waals surface area contributed by atoms with Gasteiger partial charge in [-0.25, -0.2) is 0 Å². The number of ether oxygens (including phenoxy) is 1. The van der Waals surface area contributed by atoms with Crippen LogP contribution in [0.1, 0.15) is 37.6 Å². The van der Waals surface area contributed by atoms with E-state index in [4.69, 9.17) is 4.74 Å². The van der Waals surface area contributed by atoms with Gasteiger partial charge in [0.25, 0.3) is 0 Å². The SMILES string of the molecule is CCC(C)n1ccc(COc2ccccc2CBr)n1. The fourth-order valence-corrected chi connectivity index (χ4v) is 2.26. The number of halogens is 1. The Morgan fingerprint density at radius 1 is 1.32 bits per heavy atom. The molecule has 0 aliphatic rings. The largest absolute Gasteiger partial charge is 0.487 e. The van der Waals surface area contributed by atoms with Crippen LogP contribution in [0.4, 0.5) is 0 Å². The fraction of sp³-hybridized carbons (Fsp3) is 0.400. The van der Waals surface area contributed by atoms with Gasteiger partial charge in [-0.05, 0) is 25.5 Å². The van der Waals surface area contributed by atoms with Crippen LogP contribution < -0.4 is 4.74 Å². The van der Waals surface area contributed by atoms with Crippen LogP contribution in [-0.4, -0.2) is 9.78 Å². The molecular weight excluding hydrogens is 304 g/mol. The first kappa shape index (κ1) is 14.1. The van der Waals surface area contributed by atoms with E-state index < -0.39 is 0 Å². The van der Waals surface area contributed by atoms with Crippen molar-refractivity contribution in [3.8, 4) is 5.75 Å². The predicted molar refractivity (Wildman–Crippen MR) is 80.6 cm³/mol. The van der Waals surface area contributed by atoms with Gasteiger partial charge in [0.1, 0.15) is 12.4 Å². The van der Waals surface area contributed by atoms with Crippen molar-refractivity contribution in [1.82, 2.24) is 9.78 Å². The molecule has 102 valence electrons. The van der Waals surface area contributed by atoms with E-state index in [1.54, 1.807) is 0 Å². The van der Waals surface area contributed by atoms with Gasteiger partial charge in [0, 0.05) is 23.1 Å². The Morgan fingerprint density at radius 2 is 2.11 bits per heavy atom. The third-order valence-electron chi connectivity index (χ3n) is 3.20. The minimum atomic E-state index is 0.434. The van der Waals surface area contributed by atoms with Crippen LogP contribution in [0.25, 0.3) is 0 Å². The normalized spacial score (nSPS) is 12.4. The number of benzene rings is 1. The van der Waals surface area contributed by atoms with E-state index in [0.29, 0.717) is 12.6 Å². The van der Waals surface area contributed by atoms with Crippen LogP contribution in [0.15, 0.2) is 36.5 Å². The van der Waals surface area contributed by atoms with Crippen molar-refractivity contribution in [2.75, 3.05) is 0 Å². The average Bonchev–Trinajstić information content (AvgIpc) is 2.93. The molecular formula is C15H19BrN2O. The Morgan fingerprint density at radius 3 is 2.84 bits per heavy atom. The predicted octanol–water partition coefficient (Wildman–Crippen LogP) is 4.33. The van der Waals surface area contributed by atoms with Crippen LogP contribution in [0, 0.1) is 0 Å². The Balaban J connectivity index is 2.00. The molecule has 0 bridgehead atoms. The zero-order chi connectivity index (χ0) is 13.7. The van der Waals surface area contributed by atoms with Crippen LogP contribution in [-0.2, 0) is 11.9 Å². The minimum absolute atomic E-state index is 0.434. The lowest BCUT2D eigenvalue weighted by atomic mass is 10.2. The molecule has 2 rings (SSSR count). The molecule has 0 N–H and O–H groups in total. The smallest absolute Gasteiger partial charge is 0.132 e. The highest BCUT2D eigenvalue weighted by Gasteiger charge is 2.06. The first-order valence-corrected chi connectivity index (χ1v) is 7.67. The third-order valence-corrected chi connectivity index (χ3v) is 3.80. The van der Waals surface area contributed by atoms with Crippen LogP contribution in [0.2, 0.25) is 0 Å². The highest BCUT2D eigenvalue weighted by atomic mass is 79.9. The lowest BCUT2D eigenvalue weighted by molar-refractivity contribution is 0.296. The lowest BCUT2D eigenvalue weighted by Crippen LogP contribution is -2.06. The summed E-state index contributed by atoms with van der Waals surface area (Å²) < 4.78 is 7.83. The second-order valence-electron chi connectivity index (χ2n) is 4.57. The van der Waals surface area contributed by atoms with Gasteiger partial charge in [-0.15, -0.1) is 0 Å². The lowest BCUT2D eigenvalue weighted by Gasteiger charge is -2.09. The van der Waals surface area contributed by atoms with Crippen molar-refractivity contribution in [3.63, 3.8) is 0 Å². The standard InChI is InChI=1S/C15H19BrN2O/c1-3-12(2)18-9-8-14(17-18)11-19-15-7-5-4-6-13(15)10-16/h4-9,12H,3,10-11H2,1-2H3. The molecule has 3 nitrogen and oxygen atoms in total. The van der Waals surface area contributed by atoms with E-state index in [9.17, 15) is 0 Å². The zero-order valence-corrected chi connectivity index (χ0v) is 12.9. The molecule has 2 aromatic rings. The van der Waals surface area contributed by atoms with Crippen molar-refractivity contribution >= 4 is 15.9 Å². The van der Waals surface area contributed by atoms with Crippen LogP contribution in [0.5, 0.6) is 5.75 Å². The molecule has 1 unspecified atom stereocenters. The summed E-state index contributed by atoms with van der Waals surface area (Å²) in [5.74, 6) is 0.914. The molecule has 0 saturated heterocycles. The summed E-state index contributed by atoms with van der Waals surface area (Å²) in [4.78, 5) is 0. The van der Waals surface area contributed by atoms with E-state index in [1.807, 2.05) is 35.1 Å². The summed E-state index contributed by atoms with van der Waals surface area (Å²) in [7, 11) is 0. The maximum absolute atomic E-state index is 5.83. The maximum atomic E-state index is 5.83. The molecule has 1 atom stereocenters. The number of rotatable bonds is 6. The number of para-hydroxylation sites is 1. The van der Waals surface area contributed by atoms with Crippen molar-refractivity contribution in [1.29, 1.82) is 0 Å². The van der Waals surface area contributed by atoms with Gasteiger partial charge in [-0.1, -0.05) is 41.1 Å². The monoisotopic (exact) mass is 322 g/mol. The van der Waals surface area contributed by atoms with Crippen molar-refractivity contribution < 1.29 is 4.74 Å². The van der Waals surface area contributed by atoms with E-state index in [2.05, 4.69) is 40.9 Å². The Labute approximate surface area is 122 Å². The molecule has 0 fully saturated rings. The number of alkyl halides is 1. The Bertz CT molecular complexity index is 524. The van der Waals surface area contributed by atoms with E-state index in [-0.39, 0.29) is 0 Å². The molecule has 0 amide bonds. The molecule has 19 heavy (non-hydrogen) atoms. The number of hydrogen-bond donors (Lipinski definition) is 0. The van der Waals surface area contributed by atoms with Crippen LogP contribution in [0.3, 0.4) is 0 Å². The van der Waals surface area contributed by atoms with Gasteiger partial charge >= 0.3 is 0 Å². The highest BCUT2D eigenvalue weighted by Crippen LogP contribution is 2.21. The van der Waals surface area contributed by atoms with Crippen LogP contribution >= 0.6 is 15.9 Å². The number of aromatic nitrogens is 2. The molecule has 1 aromatic heterocycles. The second-order valence-corrected chi connectivity index (χ2v) is 5.14. The molecule has 0 aliphatic heterocycles. The van der Waals surface area contributed by atoms with Gasteiger partial charge in [0.05, 0.1) is 5.69 Å². The number of hydrogen-bond acceptors (Lipinski definition) is 2. The van der Waals surface area contributed by atoms with Gasteiger partial charge in [0.2, 0.25) is 0 Å². The fourth-order valence-electron chi connectivity index (χ4n) is 1.79. The molecule has 0 radical (unpaired) electrons. The van der Waals surface area contributed by atoms with Crippen molar-refractivity contribution in [2.24, 2.45) is 0 Å². The van der Waals surface area contributed by atoms with E-state index in [1.165, 1.54) is 0 Å². The van der Waals surface area contributed by atoms with Gasteiger partial charge < -0.3 is 4.74 Å². The summed E-state index contributed by atoms with van der Waals surface area (Å²) in [6, 6.07) is 10.5. The summed E-state index contributed by atoms with van der Waals surface area (Å²) in [5, 5.41) is 5.33. The van der Waals surface area contributed by atoms with Gasteiger partial charge in [-0.2, -0.15) is 5.10 Å². The van der Waals surface area contributed by atoms with Gasteiger partial charge in [0.15, 0.2) is 0 Å². The van der Waals surface area contributed by atoms with Gasteiger partial charge in [-0.3, -0.25) is 4.68 Å². The highest BCUT2D eigenvalue weighted by molar-refractivity contribution is 9.08. The quantitative estimate of drug-likeness (QED) is 0.740. The summed E-state index contributed by atoms with van der Waals surface area (Å²) in [6.45, 7) is 4.83. The average molecular weight is 323 g/mol. The molecule has 4 heteroatoms. The molecule has 0 aliphatic carbocycles. The topological polar surface area (TPSA) is 27.1 Å². The summed E-state index contributed by atoms with van der Waals surface area (Å²) >= 11 is 3.47. The van der Waals surface area contributed by atoms with E-state index in [0.717, 1.165) is 28.8 Å². The molecule has 0 spiro atoms. The minimum Gasteiger partial charge on any atom is -0.487 e. The first-order chi connectivity index (χ1) is 9.24. The molecule has 1 aromatic carbocycles.